The van der Waals surface area contributed by atoms with Crippen molar-refractivity contribution in [3.05, 3.63) is 33.7 Å². The van der Waals surface area contributed by atoms with Crippen LogP contribution in [0.2, 0.25) is 0 Å². The van der Waals surface area contributed by atoms with Gasteiger partial charge in [-0.15, -0.1) is 11.3 Å². The molecular weight excluding hydrogens is 282 g/mol. The number of rotatable bonds is 4. The zero-order valence-electron chi connectivity index (χ0n) is 10.9. The van der Waals surface area contributed by atoms with Gasteiger partial charge in [-0.05, 0) is 0 Å². The van der Waals surface area contributed by atoms with E-state index in [4.69, 9.17) is 5.11 Å². The number of hydrogen-bond donors (Lipinski definition) is 1. The van der Waals surface area contributed by atoms with Gasteiger partial charge in [-0.2, -0.15) is 0 Å². The number of carbonyl (C=O) groups excluding carboxylic acids is 1. The lowest BCUT2D eigenvalue weighted by molar-refractivity contribution is -0.141. The quantitative estimate of drug-likeness (QED) is 0.889. The normalized spacial score (nSPS) is 12.3. The van der Waals surface area contributed by atoms with E-state index in [1.54, 1.807) is 11.6 Å². The Bertz CT molecular complexity index is 721. The van der Waals surface area contributed by atoms with Gasteiger partial charge in [0.25, 0.3) is 11.5 Å². The van der Waals surface area contributed by atoms with Gasteiger partial charge in [0.05, 0.1) is 5.92 Å². The highest BCUT2D eigenvalue weighted by atomic mass is 32.1. The number of carboxylic acid groups (broad SMARTS) is 1. The summed E-state index contributed by atoms with van der Waals surface area (Å²) in [5.74, 6) is -2.23. The van der Waals surface area contributed by atoms with Gasteiger partial charge in [-0.1, -0.05) is 6.92 Å². The molecule has 20 heavy (non-hydrogen) atoms. The minimum absolute atomic E-state index is 0.0277. The van der Waals surface area contributed by atoms with Gasteiger partial charge in [0.1, 0.15) is 5.56 Å². The van der Waals surface area contributed by atoms with Crippen LogP contribution in [0.1, 0.15) is 17.3 Å². The molecule has 2 rings (SSSR count). The topological polar surface area (TPSA) is 92.0 Å². The van der Waals surface area contributed by atoms with Crippen molar-refractivity contribution < 1.29 is 14.7 Å². The lowest BCUT2D eigenvalue weighted by Crippen LogP contribution is -2.37. The van der Waals surface area contributed by atoms with Gasteiger partial charge in [-0.3, -0.25) is 18.8 Å². The molecule has 0 fully saturated rings. The molecule has 2 aromatic heterocycles. The molecule has 106 valence electrons. The Morgan fingerprint density at radius 1 is 1.55 bits per heavy atom. The summed E-state index contributed by atoms with van der Waals surface area (Å²) in [6.45, 7) is 1.53. The molecule has 1 N–H and O–H groups in total. The number of carbonyl (C=O) groups is 2. The predicted octanol–water partition coefficient (Wildman–Crippen LogP) is 0.549. The zero-order valence-corrected chi connectivity index (χ0v) is 11.8. The number of aliphatic carboxylic acids is 1. The van der Waals surface area contributed by atoms with E-state index in [-0.39, 0.29) is 12.1 Å². The molecule has 1 atom stereocenters. The van der Waals surface area contributed by atoms with Gasteiger partial charge in [0, 0.05) is 31.4 Å². The molecule has 0 aliphatic rings. The second kappa shape index (κ2) is 5.41. The van der Waals surface area contributed by atoms with Crippen LogP contribution in [-0.4, -0.2) is 44.9 Å². The minimum Gasteiger partial charge on any atom is -0.481 e. The van der Waals surface area contributed by atoms with Crippen molar-refractivity contribution in [1.29, 1.82) is 0 Å². The van der Waals surface area contributed by atoms with E-state index in [9.17, 15) is 14.4 Å². The molecule has 0 aliphatic heterocycles. The van der Waals surface area contributed by atoms with Crippen LogP contribution >= 0.6 is 11.3 Å². The van der Waals surface area contributed by atoms with Gasteiger partial charge in [0.2, 0.25) is 0 Å². The van der Waals surface area contributed by atoms with Crippen LogP contribution in [0.5, 0.6) is 0 Å². The van der Waals surface area contributed by atoms with E-state index in [2.05, 4.69) is 4.98 Å². The molecule has 8 heteroatoms. The van der Waals surface area contributed by atoms with Crippen molar-refractivity contribution in [2.45, 2.75) is 6.92 Å². The summed E-state index contributed by atoms with van der Waals surface area (Å²) >= 11 is 1.29. The van der Waals surface area contributed by atoms with Crippen LogP contribution in [0.3, 0.4) is 0 Å². The molecule has 0 bridgehead atoms. The standard InChI is InChI=1S/C12H13N3O4S/c1-7(11(18)19)6-14(2)9(16)8-5-13-12-15(10(8)17)3-4-20-12/h3-5,7H,6H2,1-2H3,(H,18,19). The summed E-state index contributed by atoms with van der Waals surface area (Å²) in [6, 6.07) is 0. The SMILES string of the molecule is CC(CN(C)C(=O)c1cnc2sccn2c1=O)C(=O)O. The fraction of sp³-hybridized carbons (Fsp3) is 0.333. The van der Waals surface area contributed by atoms with Crippen LogP contribution in [0.25, 0.3) is 4.96 Å². The molecule has 0 radical (unpaired) electrons. The fourth-order valence-electron chi connectivity index (χ4n) is 1.75. The third-order valence-electron chi connectivity index (χ3n) is 2.89. The maximum absolute atomic E-state index is 12.2. The van der Waals surface area contributed by atoms with E-state index >= 15 is 0 Å². The summed E-state index contributed by atoms with van der Waals surface area (Å²) in [7, 11) is 1.46. The average molecular weight is 295 g/mol. The highest BCUT2D eigenvalue weighted by Gasteiger charge is 2.21. The maximum Gasteiger partial charge on any atom is 0.308 e. The Hall–Kier alpha value is -2.22. The lowest BCUT2D eigenvalue weighted by Gasteiger charge is -2.18. The highest BCUT2D eigenvalue weighted by molar-refractivity contribution is 7.15. The van der Waals surface area contributed by atoms with Crippen molar-refractivity contribution >= 4 is 28.2 Å². The molecular formula is C12H13N3O4S. The first-order chi connectivity index (χ1) is 9.41. The third-order valence-corrected chi connectivity index (χ3v) is 3.66. The third kappa shape index (κ3) is 2.55. The lowest BCUT2D eigenvalue weighted by atomic mass is 10.1. The summed E-state index contributed by atoms with van der Waals surface area (Å²) < 4.78 is 1.30. The summed E-state index contributed by atoms with van der Waals surface area (Å²) in [5.41, 5.74) is -0.517. The minimum atomic E-state index is -0.993. The van der Waals surface area contributed by atoms with E-state index < -0.39 is 23.4 Å². The van der Waals surface area contributed by atoms with Crippen molar-refractivity contribution in [3.8, 4) is 0 Å². The van der Waals surface area contributed by atoms with Crippen LogP contribution in [-0.2, 0) is 4.79 Å². The van der Waals surface area contributed by atoms with Crippen molar-refractivity contribution in [2.24, 2.45) is 5.92 Å². The molecule has 1 unspecified atom stereocenters. The Morgan fingerprint density at radius 2 is 2.25 bits per heavy atom. The van der Waals surface area contributed by atoms with E-state index in [1.165, 1.54) is 40.8 Å². The van der Waals surface area contributed by atoms with E-state index in [1.807, 2.05) is 0 Å². The van der Waals surface area contributed by atoms with Crippen LogP contribution in [0, 0.1) is 5.92 Å². The maximum atomic E-state index is 12.2. The smallest absolute Gasteiger partial charge is 0.308 e. The highest BCUT2D eigenvalue weighted by Crippen LogP contribution is 2.07. The number of nitrogens with zero attached hydrogens (tertiary/aromatic N) is 3. The Kier molecular flexibility index (Phi) is 3.84. The number of amides is 1. The Balaban J connectivity index is 2.29. The summed E-state index contributed by atoms with van der Waals surface area (Å²) in [5, 5.41) is 10.5. The second-order valence-corrected chi connectivity index (χ2v) is 5.33. The fourth-order valence-corrected chi connectivity index (χ4v) is 2.42. The van der Waals surface area contributed by atoms with Gasteiger partial charge < -0.3 is 10.0 Å². The van der Waals surface area contributed by atoms with Crippen molar-refractivity contribution in [2.75, 3.05) is 13.6 Å². The summed E-state index contributed by atoms with van der Waals surface area (Å²) in [4.78, 5) is 40.8. The Labute approximate surface area is 118 Å². The average Bonchev–Trinajstić information content (AvgIpc) is 2.87. The molecule has 0 saturated carbocycles. The van der Waals surface area contributed by atoms with Crippen LogP contribution < -0.4 is 5.56 Å². The Morgan fingerprint density at radius 3 is 2.90 bits per heavy atom. The number of aromatic nitrogens is 2. The molecule has 7 nitrogen and oxygen atoms in total. The largest absolute Gasteiger partial charge is 0.481 e. The number of hydrogen-bond acceptors (Lipinski definition) is 5. The molecule has 0 aromatic carbocycles. The number of thiazole rings is 1. The second-order valence-electron chi connectivity index (χ2n) is 4.46. The molecule has 1 amide bonds. The van der Waals surface area contributed by atoms with E-state index in [0.29, 0.717) is 4.96 Å². The van der Waals surface area contributed by atoms with Gasteiger partial charge in [-0.25, -0.2) is 4.98 Å². The zero-order chi connectivity index (χ0) is 14.9. The molecule has 0 saturated heterocycles. The predicted molar refractivity (Wildman–Crippen MR) is 73.1 cm³/mol. The van der Waals surface area contributed by atoms with E-state index in [0.717, 1.165) is 0 Å². The van der Waals surface area contributed by atoms with Crippen molar-refractivity contribution in [1.82, 2.24) is 14.3 Å². The number of fused-ring (bicyclic) bond motifs is 1. The van der Waals surface area contributed by atoms with Crippen LogP contribution in [0.15, 0.2) is 22.6 Å². The van der Waals surface area contributed by atoms with Gasteiger partial charge in [0.15, 0.2) is 4.96 Å². The van der Waals surface area contributed by atoms with Crippen molar-refractivity contribution in [3.63, 3.8) is 0 Å². The first-order valence-corrected chi connectivity index (χ1v) is 6.73. The molecule has 0 aliphatic carbocycles. The first-order valence-electron chi connectivity index (χ1n) is 5.85. The molecule has 2 aromatic rings. The monoisotopic (exact) mass is 295 g/mol. The first kappa shape index (κ1) is 14.2. The molecule has 0 spiro atoms. The summed E-state index contributed by atoms with van der Waals surface area (Å²) in [6.07, 6.45) is 2.78. The van der Waals surface area contributed by atoms with Gasteiger partial charge >= 0.3 is 5.97 Å². The number of carboxylic acids is 1. The molecule has 2 heterocycles. The van der Waals surface area contributed by atoms with Crippen LogP contribution in [0.4, 0.5) is 0 Å².